The van der Waals surface area contributed by atoms with Crippen molar-refractivity contribution in [3.05, 3.63) is 88.9 Å². The Morgan fingerprint density at radius 2 is 1.66 bits per heavy atom. The first-order valence-corrected chi connectivity index (χ1v) is 11.0. The molecule has 1 atom stereocenters. The number of nitrogens with one attached hydrogen (secondary N) is 1. The summed E-state index contributed by atoms with van der Waals surface area (Å²) in [6.45, 7) is 4.96. The first kappa shape index (κ1) is 20.9. The van der Waals surface area contributed by atoms with Gasteiger partial charge in [-0.05, 0) is 49.2 Å². The van der Waals surface area contributed by atoms with E-state index in [-0.39, 0.29) is 17.4 Å². The number of hydrogen-bond donors (Lipinski definition) is 1. The lowest BCUT2D eigenvalue weighted by molar-refractivity contribution is 0.0921. The molecule has 3 rings (SSSR count). The summed E-state index contributed by atoms with van der Waals surface area (Å²) < 4.78 is 23.4. The number of rotatable bonds is 9. The molecule has 0 fully saturated rings. The second-order valence-electron chi connectivity index (χ2n) is 6.74. The van der Waals surface area contributed by atoms with Crippen LogP contribution in [0.2, 0.25) is 0 Å². The van der Waals surface area contributed by atoms with Crippen LogP contribution >= 0.6 is 0 Å². The molecule has 0 aliphatic carbocycles. The smallest absolute Gasteiger partial charge is 0.287 e. The van der Waals surface area contributed by atoms with Gasteiger partial charge in [-0.15, -0.1) is 0 Å². The van der Waals surface area contributed by atoms with E-state index in [0.29, 0.717) is 24.7 Å². The molecule has 29 heavy (non-hydrogen) atoms. The zero-order chi connectivity index (χ0) is 20.6. The van der Waals surface area contributed by atoms with E-state index in [4.69, 9.17) is 9.15 Å². The Morgan fingerprint density at radius 1 is 0.966 bits per heavy atom. The summed E-state index contributed by atoms with van der Waals surface area (Å²) in [7, 11) is -1.10. The molecule has 0 bridgehead atoms. The third-order valence-corrected chi connectivity index (χ3v) is 5.59. The molecule has 3 aromatic rings. The molecule has 0 radical (unpaired) electrons. The molecule has 0 unspecified atom stereocenters. The van der Waals surface area contributed by atoms with Gasteiger partial charge >= 0.3 is 0 Å². The van der Waals surface area contributed by atoms with Gasteiger partial charge in [0.15, 0.2) is 5.76 Å². The van der Waals surface area contributed by atoms with Crippen LogP contribution in [0.3, 0.4) is 0 Å². The summed E-state index contributed by atoms with van der Waals surface area (Å²) in [5.41, 5.74) is 3.16. The zero-order valence-electron chi connectivity index (χ0n) is 16.6. The van der Waals surface area contributed by atoms with Crippen LogP contribution in [0.1, 0.15) is 39.9 Å². The summed E-state index contributed by atoms with van der Waals surface area (Å²) >= 11 is 0. The molecule has 0 saturated heterocycles. The van der Waals surface area contributed by atoms with Crippen molar-refractivity contribution in [2.75, 3.05) is 6.61 Å². The van der Waals surface area contributed by atoms with E-state index in [1.807, 2.05) is 62.4 Å². The first-order valence-electron chi connectivity index (χ1n) is 9.52. The SMILES string of the molecule is CCOc1ccc(CNC(=O)c2ccc(C[S@@](=O)Cc3ccc(C)cc3)o2)cc1. The number of carbonyl (C=O) groups is 1. The van der Waals surface area contributed by atoms with Crippen LogP contribution in [0.15, 0.2) is 65.1 Å². The Kier molecular flexibility index (Phi) is 7.25. The van der Waals surface area contributed by atoms with Crippen LogP contribution in [0, 0.1) is 6.92 Å². The highest BCUT2D eigenvalue weighted by atomic mass is 32.2. The molecular formula is C23H25NO4S. The molecule has 1 heterocycles. The fourth-order valence-corrected chi connectivity index (χ4v) is 3.94. The van der Waals surface area contributed by atoms with E-state index >= 15 is 0 Å². The minimum atomic E-state index is -1.10. The van der Waals surface area contributed by atoms with Crippen LogP contribution in [0.5, 0.6) is 5.75 Å². The maximum atomic E-state index is 12.4. The highest BCUT2D eigenvalue weighted by molar-refractivity contribution is 7.83. The van der Waals surface area contributed by atoms with Gasteiger partial charge in [0.2, 0.25) is 0 Å². The largest absolute Gasteiger partial charge is 0.494 e. The Balaban J connectivity index is 1.50. The lowest BCUT2D eigenvalue weighted by Crippen LogP contribution is -2.22. The number of benzene rings is 2. The molecule has 0 aliphatic rings. The van der Waals surface area contributed by atoms with Crippen molar-refractivity contribution in [3.63, 3.8) is 0 Å². The molecule has 0 saturated carbocycles. The molecule has 0 spiro atoms. The first-order chi connectivity index (χ1) is 14.0. The Bertz CT molecular complexity index is 961. The minimum Gasteiger partial charge on any atom is -0.494 e. The topological polar surface area (TPSA) is 68.5 Å². The fourth-order valence-electron chi connectivity index (χ4n) is 2.80. The number of aryl methyl sites for hydroxylation is 1. The van der Waals surface area contributed by atoms with Crippen LogP contribution < -0.4 is 10.1 Å². The summed E-state index contributed by atoms with van der Waals surface area (Å²) in [6, 6.07) is 18.9. The fraction of sp³-hybridized carbons (Fsp3) is 0.261. The van der Waals surface area contributed by atoms with Gasteiger partial charge in [-0.25, -0.2) is 0 Å². The average molecular weight is 412 g/mol. The van der Waals surface area contributed by atoms with Gasteiger partial charge in [-0.2, -0.15) is 0 Å². The van der Waals surface area contributed by atoms with Crippen LogP contribution in [0.25, 0.3) is 0 Å². The van der Waals surface area contributed by atoms with Crippen LogP contribution in [-0.4, -0.2) is 16.7 Å². The van der Waals surface area contributed by atoms with E-state index in [1.54, 1.807) is 12.1 Å². The van der Waals surface area contributed by atoms with E-state index in [1.165, 1.54) is 5.56 Å². The maximum Gasteiger partial charge on any atom is 0.287 e. The van der Waals surface area contributed by atoms with E-state index in [9.17, 15) is 9.00 Å². The van der Waals surface area contributed by atoms with Crippen molar-refractivity contribution < 1.29 is 18.2 Å². The Morgan fingerprint density at radius 3 is 2.34 bits per heavy atom. The van der Waals surface area contributed by atoms with Gasteiger partial charge in [0.25, 0.3) is 5.91 Å². The summed E-state index contributed by atoms with van der Waals surface area (Å²) in [5, 5.41) is 2.83. The number of furan rings is 1. The van der Waals surface area contributed by atoms with E-state index < -0.39 is 10.8 Å². The molecule has 5 nitrogen and oxygen atoms in total. The quantitative estimate of drug-likeness (QED) is 0.568. The lowest BCUT2D eigenvalue weighted by Gasteiger charge is -2.06. The van der Waals surface area contributed by atoms with Gasteiger partial charge in [0.05, 0.1) is 12.4 Å². The second-order valence-corrected chi connectivity index (χ2v) is 8.20. The molecular weight excluding hydrogens is 386 g/mol. The van der Waals surface area contributed by atoms with E-state index in [2.05, 4.69) is 5.32 Å². The molecule has 1 N–H and O–H groups in total. The third kappa shape index (κ3) is 6.32. The normalized spacial score (nSPS) is 11.8. The molecule has 1 aromatic heterocycles. The van der Waals surface area contributed by atoms with Crippen LogP contribution in [-0.2, 0) is 28.9 Å². The predicted octanol–water partition coefficient (Wildman–Crippen LogP) is 4.37. The highest BCUT2D eigenvalue weighted by Crippen LogP contribution is 2.15. The number of carbonyl (C=O) groups excluding carboxylic acids is 1. The van der Waals surface area contributed by atoms with Crippen molar-refractivity contribution in [2.24, 2.45) is 0 Å². The summed E-state index contributed by atoms with van der Waals surface area (Å²) in [6.07, 6.45) is 0. The van der Waals surface area contributed by atoms with Crippen molar-refractivity contribution in [2.45, 2.75) is 31.9 Å². The van der Waals surface area contributed by atoms with Crippen molar-refractivity contribution in [1.82, 2.24) is 5.32 Å². The van der Waals surface area contributed by atoms with Gasteiger partial charge in [0.1, 0.15) is 11.5 Å². The van der Waals surface area contributed by atoms with Crippen molar-refractivity contribution >= 4 is 16.7 Å². The molecule has 152 valence electrons. The maximum absolute atomic E-state index is 12.4. The Hall–Kier alpha value is -2.86. The molecule has 6 heteroatoms. The summed E-state index contributed by atoms with van der Waals surface area (Å²) in [4.78, 5) is 12.3. The second kappa shape index (κ2) is 10.1. The summed E-state index contributed by atoms with van der Waals surface area (Å²) in [5.74, 6) is 2.01. The van der Waals surface area contributed by atoms with Gasteiger partial charge in [-0.3, -0.25) is 9.00 Å². The van der Waals surface area contributed by atoms with Crippen molar-refractivity contribution in [3.8, 4) is 5.75 Å². The monoisotopic (exact) mass is 411 g/mol. The van der Waals surface area contributed by atoms with E-state index in [0.717, 1.165) is 16.9 Å². The highest BCUT2D eigenvalue weighted by Gasteiger charge is 2.13. The van der Waals surface area contributed by atoms with Gasteiger partial charge < -0.3 is 14.5 Å². The number of ether oxygens (including phenoxy) is 1. The standard InChI is InChI=1S/C23H25NO4S/c1-3-27-20-10-8-18(9-11-20)14-24-23(25)22-13-12-21(28-22)16-29(26)15-19-6-4-17(2)5-7-19/h4-13H,3,14-16H2,1-2H3,(H,24,25)/t29-/m0/s1. The number of hydrogen-bond acceptors (Lipinski definition) is 4. The van der Waals surface area contributed by atoms with Gasteiger partial charge in [-0.1, -0.05) is 42.0 Å². The lowest BCUT2D eigenvalue weighted by atomic mass is 10.2. The third-order valence-electron chi connectivity index (χ3n) is 4.32. The van der Waals surface area contributed by atoms with Gasteiger partial charge in [0, 0.05) is 23.1 Å². The number of amides is 1. The van der Waals surface area contributed by atoms with Crippen LogP contribution in [0.4, 0.5) is 0 Å². The minimum absolute atomic E-state index is 0.221. The molecule has 1 amide bonds. The molecule has 0 aliphatic heterocycles. The predicted molar refractivity (Wildman–Crippen MR) is 114 cm³/mol. The molecule has 2 aromatic carbocycles. The average Bonchev–Trinajstić information content (AvgIpc) is 3.17. The Labute approximate surface area is 173 Å². The zero-order valence-corrected chi connectivity index (χ0v) is 17.5. The van der Waals surface area contributed by atoms with Crippen molar-refractivity contribution in [1.29, 1.82) is 0 Å².